The maximum Gasteiger partial charge on any atom is 0.238 e. The summed E-state index contributed by atoms with van der Waals surface area (Å²) in [4.78, 5) is 26.7. The number of piperidine rings is 1. The Balaban J connectivity index is 1.40. The van der Waals surface area contributed by atoms with Crippen molar-refractivity contribution in [2.45, 2.75) is 19.4 Å². The lowest BCUT2D eigenvalue weighted by Crippen LogP contribution is -2.43. The lowest BCUT2D eigenvalue weighted by atomic mass is 9.96. The van der Waals surface area contributed by atoms with Crippen LogP contribution < -0.4 is 10.6 Å². The first-order chi connectivity index (χ1) is 13.5. The third kappa shape index (κ3) is 5.96. The molecule has 148 valence electrons. The number of benzene rings is 2. The molecule has 5 nitrogen and oxygen atoms in total. The summed E-state index contributed by atoms with van der Waals surface area (Å²) >= 11 is 11.9. The third-order valence-corrected chi connectivity index (χ3v) is 5.58. The minimum atomic E-state index is -0.106. The van der Waals surface area contributed by atoms with Gasteiger partial charge in [0.15, 0.2) is 0 Å². The van der Waals surface area contributed by atoms with Gasteiger partial charge in [-0.1, -0.05) is 53.5 Å². The molecule has 0 aliphatic carbocycles. The van der Waals surface area contributed by atoms with Crippen LogP contribution in [0.2, 0.25) is 10.0 Å². The van der Waals surface area contributed by atoms with E-state index in [2.05, 4.69) is 15.5 Å². The molecular weight excluding hydrogens is 397 g/mol. The van der Waals surface area contributed by atoms with Crippen LogP contribution in [0.25, 0.3) is 0 Å². The zero-order valence-corrected chi connectivity index (χ0v) is 17.0. The molecule has 0 aromatic heterocycles. The van der Waals surface area contributed by atoms with Gasteiger partial charge >= 0.3 is 0 Å². The van der Waals surface area contributed by atoms with Gasteiger partial charge in [-0.3, -0.25) is 14.5 Å². The molecule has 1 saturated heterocycles. The average Bonchev–Trinajstić information content (AvgIpc) is 2.70. The van der Waals surface area contributed by atoms with Gasteiger partial charge in [-0.25, -0.2) is 0 Å². The van der Waals surface area contributed by atoms with Crippen molar-refractivity contribution in [3.05, 3.63) is 64.1 Å². The molecule has 2 aromatic rings. The van der Waals surface area contributed by atoms with E-state index in [1.807, 2.05) is 30.3 Å². The number of carbonyl (C=O) groups is 2. The number of nitrogens with zero attached hydrogens (tertiary/aromatic N) is 1. The van der Waals surface area contributed by atoms with Crippen LogP contribution in [0.15, 0.2) is 48.5 Å². The molecule has 0 atom stereocenters. The Morgan fingerprint density at radius 3 is 2.39 bits per heavy atom. The van der Waals surface area contributed by atoms with Crippen LogP contribution in [-0.2, 0) is 16.1 Å². The van der Waals surface area contributed by atoms with Crippen LogP contribution in [0, 0.1) is 5.92 Å². The second-order valence-electron chi connectivity index (χ2n) is 6.93. The molecule has 0 unspecified atom stereocenters. The molecule has 0 spiro atoms. The quantitative estimate of drug-likeness (QED) is 0.744. The number of nitrogens with one attached hydrogen (secondary N) is 2. The highest BCUT2D eigenvalue weighted by Crippen LogP contribution is 2.25. The highest BCUT2D eigenvalue weighted by molar-refractivity contribution is 6.42. The van der Waals surface area contributed by atoms with Gasteiger partial charge in [0.05, 0.1) is 16.6 Å². The summed E-state index contributed by atoms with van der Waals surface area (Å²) < 4.78 is 0. The Morgan fingerprint density at radius 1 is 1.00 bits per heavy atom. The van der Waals surface area contributed by atoms with Gasteiger partial charge in [0.1, 0.15) is 0 Å². The molecular formula is C21H23Cl2N3O2. The number of hydrogen-bond donors (Lipinski definition) is 2. The minimum absolute atomic E-state index is 0.00176. The summed E-state index contributed by atoms with van der Waals surface area (Å²) in [5.74, 6) is -0.0211. The van der Waals surface area contributed by atoms with E-state index in [1.54, 1.807) is 18.2 Å². The summed E-state index contributed by atoms with van der Waals surface area (Å²) in [6, 6.07) is 14.9. The molecule has 0 bridgehead atoms. The zero-order valence-electron chi connectivity index (χ0n) is 15.5. The largest absolute Gasteiger partial charge is 0.352 e. The van der Waals surface area contributed by atoms with Crippen LogP contribution in [-0.4, -0.2) is 36.3 Å². The predicted octanol–water partition coefficient (Wildman–Crippen LogP) is 3.96. The number of likely N-dealkylation sites (tertiary alicyclic amines) is 1. The van der Waals surface area contributed by atoms with E-state index >= 15 is 0 Å². The van der Waals surface area contributed by atoms with Crippen LogP contribution in [0.3, 0.4) is 0 Å². The third-order valence-electron chi connectivity index (χ3n) is 4.84. The van der Waals surface area contributed by atoms with Gasteiger partial charge in [0, 0.05) is 18.2 Å². The lowest BCUT2D eigenvalue weighted by molar-refractivity contribution is -0.126. The average molecular weight is 420 g/mol. The monoisotopic (exact) mass is 419 g/mol. The first kappa shape index (κ1) is 20.6. The summed E-state index contributed by atoms with van der Waals surface area (Å²) in [5, 5.41) is 6.69. The molecule has 3 rings (SSSR count). The summed E-state index contributed by atoms with van der Waals surface area (Å²) in [7, 11) is 0. The highest BCUT2D eigenvalue weighted by atomic mass is 35.5. The molecule has 1 heterocycles. The van der Waals surface area contributed by atoms with Gasteiger partial charge in [0.25, 0.3) is 0 Å². The van der Waals surface area contributed by atoms with Crippen molar-refractivity contribution in [1.82, 2.24) is 10.2 Å². The second kappa shape index (κ2) is 9.92. The highest BCUT2D eigenvalue weighted by Gasteiger charge is 2.25. The number of halogens is 2. The fourth-order valence-electron chi connectivity index (χ4n) is 3.26. The maximum absolute atomic E-state index is 12.4. The topological polar surface area (TPSA) is 61.4 Å². The molecule has 1 fully saturated rings. The van der Waals surface area contributed by atoms with E-state index in [0.717, 1.165) is 31.5 Å². The van der Waals surface area contributed by atoms with Crippen molar-refractivity contribution in [2.75, 3.05) is 25.0 Å². The Bertz CT molecular complexity index is 822. The molecule has 0 saturated carbocycles. The summed E-state index contributed by atoms with van der Waals surface area (Å²) in [6.45, 7) is 2.28. The van der Waals surface area contributed by atoms with E-state index in [1.165, 1.54) is 0 Å². The number of amides is 2. The Kier molecular flexibility index (Phi) is 7.31. The predicted molar refractivity (Wildman–Crippen MR) is 113 cm³/mol. The first-order valence-electron chi connectivity index (χ1n) is 9.30. The number of anilines is 1. The minimum Gasteiger partial charge on any atom is -0.352 e. The first-order valence-corrected chi connectivity index (χ1v) is 10.1. The lowest BCUT2D eigenvalue weighted by Gasteiger charge is -2.30. The van der Waals surface area contributed by atoms with Crippen LogP contribution >= 0.6 is 23.2 Å². The Morgan fingerprint density at radius 2 is 1.71 bits per heavy atom. The molecule has 1 aliphatic rings. The maximum atomic E-state index is 12.4. The second-order valence-corrected chi connectivity index (χ2v) is 7.75. The van der Waals surface area contributed by atoms with Crippen molar-refractivity contribution in [3.8, 4) is 0 Å². The fraction of sp³-hybridized carbons (Fsp3) is 0.333. The molecule has 1 aliphatic heterocycles. The van der Waals surface area contributed by atoms with Crippen molar-refractivity contribution in [3.63, 3.8) is 0 Å². The zero-order chi connectivity index (χ0) is 19.9. The van der Waals surface area contributed by atoms with E-state index in [-0.39, 0.29) is 17.7 Å². The van der Waals surface area contributed by atoms with Gasteiger partial charge < -0.3 is 10.6 Å². The van der Waals surface area contributed by atoms with E-state index in [4.69, 9.17) is 23.2 Å². The van der Waals surface area contributed by atoms with Crippen LogP contribution in [0.1, 0.15) is 18.4 Å². The standard InChI is InChI=1S/C21H23Cl2N3O2/c22-18-7-6-17(12-19(18)23)25-20(27)14-26-10-8-16(9-11-26)21(28)24-13-15-4-2-1-3-5-15/h1-7,12,16H,8-11,13-14H2,(H,24,28)(H,25,27). The molecule has 2 amide bonds. The number of carbonyl (C=O) groups excluding carboxylic acids is 2. The van der Waals surface area contributed by atoms with Crippen molar-refractivity contribution < 1.29 is 9.59 Å². The van der Waals surface area contributed by atoms with Crippen molar-refractivity contribution in [2.24, 2.45) is 5.92 Å². The van der Waals surface area contributed by atoms with Crippen LogP contribution in [0.4, 0.5) is 5.69 Å². The van der Waals surface area contributed by atoms with E-state index < -0.39 is 0 Å². The smallest absolute Gasteiger partial charge is 0.238 e. The molecule has 7 heteroatoms. The van der Waals surface area contributed by atoms with E-state index in [9.17, 15) is 9.59 Å². The van der Waals surface area contributed by atoms with Gasteiger partial charge in [0.2, 0.25) is 11.8 Å². The van der Waals surface area contributed by atoms with Gasteiger partial charge in [-0.05, 0) is 49.7 Å². The Hall–Kier alpha value is -2.08. The van der Waals surface area contributed by atoms with Gasteiger partial charge in [-0.15, -0.1) is 0 Å². The Labute approximate surface area is 175 Å². The van der Waals surface area contributed by atoms with Crippen molar-refractivity contribution in [1.29, 1.82) is 0 Å². The molecule has 2 aromatic carbocycles. The van der Waals surface area contributed by atoms with Crippen molar-refractivity contribution >= 4 is 40.7 Å². The molecule has 0 radical (unpaired) electrons. The normalized spacial score (nSPS) is 15.2. The number of rotatable bonds is 6. The molecule has 2 N–H and O–H groups in total. The number of hydrogen-bond acceptors (Lipinski definition) is 3. The van der Waals surface area contributed by atoms with E-state index in [0.29, 0.717) is 28.8 Å². The summed E-state index contributed by atoms with van der Waals surface area (Å²) in [5.41, 5.74) is 1.71. The van der Waals surface area contributed by atoms with Gasteiger partial charge in [-0.2, -0.15) is 0 Å². The SMILES string of the molecule is O=C(CN1CCC(C(=O)NCc2ccccc2)CC1)Nc1ccc(Cl)c(Cl)c1. The molecule has 28 heavy (non-hydrogen) atoms. The fourth-order valence-corrected chi connectivity index (χ4v) is 3.56. The summed E-state index contributed by atoms with van der Waals surface area (Å²) in [6.07, 6.45) is 1.50. The van der Waals surface area contributed by atoms with Crippen LogP contribution in [0.5, 0.6) is 0 Å².